The highest BCUT2D eigenvalue weighted by Crippen LogP contribution is 2.56. The molecule has 0 spiro atoms. The Kier molecular flexibility index (Phi) is 22.6. The molecule has 8 rings (SSSR count). The number of rotatable bonds is 15. The number of nitrogens with one attached hydrogen (secondary N) is 4. The summed E-state index contributed by atoms with van der Waals surface area (Å²) in [7, 11) is -5.34. The van der Waals surface area contributed by atoms with Crippen molar-refractivity contribution in [3.63, 3.8) is 0 Å². The van der Waals surface area contributed by atoms with Crippen molar-refractivity contribution in [3.8, 4) is 0 Å². The van der Waals surface area contributed by atoms with Crippen LogP contribution in [0.15, 0.2) is 25.2 Å². The topological polar surface area (TPSA) is 241 Å². The van der Waals surface area contributed by atoms with Crippen LogP contribution >= 0.6 is 13.5 Å². The van der Waals surface area contributed by atoms with Gasteiger partial charge in [0.2, 0.25) is 0 Å². The van der Waals surface area contributed by atoms with Crippen LogP contribution in [0.25, 0.3) is 22.2 Å². The second-order valence-electron chi connectivity index (χ2n) is 23.3. The fourth-order valence-electron chi connectivity index (χ4n) is 9.37. The molecule has 22 nitrogen and oxygen atoms in total. The molecule has 8 heterocycles. The summed E-state index contributed by atoms with van der Waals surface area (Å²) < 4.78 is 71.1. The molecule has 3 fully saturated rings. The number of quaternary nitrogens is 2. The lowest BCUT2D eigenvalue weighted by molar-refractivity contribution is -0.894. The first-order valence-electron chi connectivity index (χ1n) is 27.8. The van der Waals surface area contributed by atoms with Gasteiger partial charge < -0.3 is 83.7 Å². The van der Waals surface area contributed by atoms with Crippen molar-refractivity contribution in [1.29, 1.82) is 0 Å². The van der Waals surface area contributed by atoms with Gasteiger partial charge in [0.15, 0.2) is 52.9 Å². The molecule has 0 aromatic carbocycles. The number of ether oxygens (including phenoxy) is 2. The van der Waals surface area contributed by atoms with E-state index in [1.807, 2.05) is 10.8 Å². The van der Waals surface area contributed by atoms with Gasteiger partial charge in [-0.1, -0.05) is 53.3 Å². The summed E-state index contributed by atoms with van der Waals surface area (Å²) in [5.41, 5.74) is 2.34. The Bertz CT molecular complexity index is 2650. The molecule has 0 saturated carbocycles. The Hall–Kier alpha value is -2.05. The first-order chi connectivity index (χ1) is 36.6. The number of anilines is 2. The van der Waals surface area contributed by atoms with Gasteiger partial charge in [0.05, 0.1) is 70.8 Å². The van der Waals surface area contributed by atoms with E-state index >= 15 is 0 Å². The monoisotopic (exact) mass is 1200 g/mol. The standard InChI is InChI=1S/C38H61N9O11P2S2Si2.2C6H15N/c1-37(2,3)63(7,8)57-28-24-18-52-59(49,61)55-27-23(17-51-60(50,62)56-29(28)35(54-24)47-21-45-26-32(40-14-15-48)42-20-44-34(26)47)53-36(30(27)58-64(9,10)38(4,5)6)46-16-22-12-11-13-39-31-25(22)33(46)43-19-41-31;2*1-4-7(5-2)6-3/h16,19-21,23-24,27-30,35-36,48H,11-15,17-18H2,1-10H3,(H,49,61)(H,50,62)(H,39,41,43)(H,40,42,44);2*4-6H2,1-3H3/t23-,24-,27-,28-,29-,30-,35-,36-,59?,60?;;/m1../s1. The molecule has 0 aliphatic carbocycles. The van der Waals surface area contributed by atoms with E-state index in [9.17, 15) is 14.6 Å². The zero-order chi connectivity index (χ0) is 57.6. The molecule has 4 aliphatic heterocycles. The molecule has 3 saturated heterocycles. The fourth-order valence-corrected chi connectivity index (χ4v) is 14.8. The Morgan fingerprint density at radius 2 is 1.36 bits per heavy atom. The second-order valence-corrected chi connectivity index (χ2v) is 38.2. The van der Waals surface area contributed by atoms with Crippen molar-refractivity contribution >= 4 is 88.0 Å². The van der Waals surface area contributed by atoms with E-state index < -0.39 is 85.8 Å². The van der Waals surface area contributed by atoms with E-state index in [0.29, 0.717) is 28.4 Å². The van der Waals surface area contributed by atoms with Gasteiger partial charge in [0, 0.05) is 19.3 Å². The van der Waals surface area contributed by atoms with Crippen LogP contribution in [0, 0.1) is 0 Å². The molecule has 28 heteroatoms. The zero-order valence-corrected chi connectivity index (χ0v) is 54.4. The molecule has 2 bridgehead atoms. The molecule has 5 N–H and O–H groups in total. The number of hydrogen-bond donors (Lipinski definition) is 5. The normalized spacial score (nSPS) is 28.2. The van der Waals surface area contributed by atoms with E-state index in [1.165, 1.54) is 58.3 Å². The van der Waals surface area contributed by atoms with E-state index in [0.717, 1.165) is 30.3 Å². The minimum absolute atomic E-state index is 0.137. The Morgan fingerprint density at radius 1 is 0.795 bits per heavy atom. The van der Waals surface area contributed by atoms with Gasteiger partial charge in [-0.3, -0.25) is 9.13 Å². The number of fused-ring (bicyclic) bond motifs is 4. The lowest BCUT2D eigenvalue weighted by atomic mass is 10.1. The average molecular weight is 1200 g/mol. The maximum atomic E-state index is 14.7. The smallest absolute Gasteiger partial charge is 0.200 e. The lowest BCUT2D eigenvalue weighted by Gasteiger charge is -2.42. The van der Waals surface area contributed by atoms with Gasteiger partial charge in [-0.15, -0.1) is 0 Å². The van der Waals surface area contributed by atoms with Gasteiger partial charge in [0.1, 0.15) is 67.5 Å². The van der Waals surface area contributed by atoms with Gasteiger partial charge in [0.25, 0.3) is 0 Å². The number of aryl methyl sites for hydroxylation is 1. The van der Waals surface area contributed by atoms with E-state index in [4.69, 9.17) is 65.5 Å². The molecule has 78 heavy (non-hydrogen) atoms. The molecule has 0 radical (unpaired) electrons. The number of aliphatic hydroxyl groups is 1. The van der Waals surface area contributed by atoms with Crippen LogP contribution in [0.1, 0.15) is 108 Å². The summed E-state index contributed by atoms with van der Waals surface area (Å²) in [5, 5.41) is 16.2. The van der Waals surface area contributed by atoms with Crippen molar-refractivity contribution in [3.05, 3.63) is 30.7 Å². The van der Waals surface area contributed by atoms with Crippen LogP contribution in [0.2, 0.25) is 36.3 Å². The largest absolute Gasteiger partial charge is 0.780 e. The van der Waals surface area contributed by atoms with Gasteiger partial charge in [-0.25, -0.2) is 24.9 Å². The van der Waals surface area contributed by atoms with Crippen LogP contribution in [0.5, 0.6) is 0 Å². The van der Waals surface area contributed by atoms with Crippen molar-refractivity contribution in [1.82, 2.24) is 34.1 Å². The predicted molar refractivity (Wildman–Crippen MR) is 313 cm³/mol. The zero-order valence-electron chi connectivity index (χ0n) is 49.0. The van der Waals surface area contributed by atoms with Gasteiger partial charge in [-0.2, -0.15) is 0 Å². The van der Waals surface area contributed by atoms with Crippen molar-refractivity contribution < 1.29 is 60.8 Å². The lowest BCUT2D eigenvalue weighted by Crippen LogP contribution is -3.11. The second kappa shape index (κ2) is 27.1. The molecule has 4 aromatic rings. The minimum atomic E-state index is -4.48. The third-order valence-electron chi connectivity index (χ3n) is 16.3. The quantitative estimate of drug-likeness (QED) is 0.0559. The molecule has 2 unspecified atom stereocenters. The van der Waals surface area contributed by atoms with E-state index in [1.54, 1.807) is 14.4 Å². The highest BCUT2D eigenvalue weighted by atomic mass is 32.7. The maximum absolute atomic E-state index is 14.7. The third kappa shape index (κ3) is 15.4. The summed E-state index contributed by atoms with van der Waals surface area (Å²) in [6, 6.07) is 0. The maximum Gasteiger partial charge on any atom is 0.200 e. The first kappa shape index (κ1) is 65.1. The first-order valence-corrected chi connectivity index (χ1v) is 38.7. The Balaban J connectivity index is 0.000000621. The molecule has 442 valence electrons. The average Bonchev–Trinajstić information content (AvgIpc) is 4.18. The SMILES string of the molecule is CC(C)(C)[Si](C)(C)O[C@@H]1[C@@H]2OP(=O)([S-])OC[C@H]3O[C@@H](n4cnc5c(NCCO)ncnc54)[C@H](OP([O-])(=S)OC[C@H]2O[C@H]1n1cc2c4c(ncnc41)NCCC2)[C@@H]3O[Si](C)(C)C(C)(C)C.CC[NH+](CC)CC.CC[NH+](CC)CC. The van der Waals surface area contributed by atoms with Crippen molar-refractivity contribution in [2.45, 2.75) is 181 Å². The predicted octanol–water partition coefficient (Wildman–Crippen LogP) is 5.53. The summed E-state index contributed by atoms with van der Waals surface area (Å²) in [4.78, 5) is 40.7. The Morgan fingerprint density at radius 3 is 1.94 bits per heavy atom. The van der Waals surface area contributed by atoms with Crippen LogP contribution in [-0.2, 0) is 71.5 Å². The summed E-state index contributed by atoms with van der Waals surface area (Å²) in [6.07, 6.45) is -0.456. The van der Waals surface area contributed by atoms with Gasteiger partial charge >= 0.3 is 0 Å². The van der Waals surface area contributed by atoms with Crippen LogP contribution in [0.3, 0.4) is 0 Å². The number of aromatic nitrogens is 7. The summed E-state index contributed by atoms with van der Waals surface area (Å²) >= 11 is 11.4. The molecule has 4 aliphatic rings. The molecule has 0 amide bonds. The summed E-state index contributed by atoms with van der Waals surface area (Å²) in [6.45, 7) is 33.0. The fraction of sp³-hybridized carbons (Fsp3) is 0.780. The van der Waals surface area contributed by atoms with Crippen LogP contribution < -0.4 is 25.3 Å². The highest BCUT2D eigenvalue weighted by Gasteiger charge is 2.56. The number of aliphatic hydroxyl groups excluding tert-OH is 1. The van der Waals surface area contributed by atoms with Crippen LogP contribution in [-0.4, -0.2) is 165 Å². The van der Waals surface area contributed by atoms with Crippen molar-refractivity contribution in [2.24, 2.45) is 0 Å². The molecular formula is C50H91N11O11P2S2Si2. The molecule has 10 atom stereocenters. The van der Waals surface area contributed by atoms with Gasteiger partial charge in [-0.05, 0) is 96.2 Å². The highest BCUT2D eigenvalue weighted by molar-refractivity contribution is 8.32. The number of hydrogen-bond acceptors (Lipinski definition) is 20. The number of nitrogens with zero attached hydrogens (tertiary/aromatic N) is 7. The van der Waals surface area contributed by atoms with E-state index in [-0.39, 0.29) is 29.8 Å². The third-order valence-corrected chi connectivity index (χ3v) is 28.3. The van der Waals surface area contributed by atoms with E-state index in [2.05, 4.69) is 140 Å². The Labute approximate surface area is 475 Å². The summed E-state index contributed by atoms with van der Waals surface area (Å²) in [5.74, 6) is 1.09. The molecular weight excluding hydrogens is 1110 g/mol. The minimum Gasteiger partial charge on any atom is -0.780 e. The van der Waals surface area contributed by atoms with Crippen molar-refractivity contribution in [2.75, 3.05) is 82.8 Å². The van der Waals surface area contributed by atoms with Crippen LogP contribution in [0.4, 0.5) is 11.6 Å². The number of imidazole rings is 1. The molecule has 4 aromatic heterocycles.